The van der Waals surface area contributed by atoms with E-state index >= 15 is 0 Å². The highest BCUT2D eigenvalue weighted by molar-refractivity contribution is 5.79. The molecule has 0 bridgehead atoms. The number of carbonyl (C=O) groups excluding carboxylic acids is 1. The van der Waals surface area contributed by atoms with Crippen LogP contribution in [0.25, 0.3) is 0 Å². The molecule has 1 aliphatic rings. The summed E-state index contributed by atoms with van der Waals surface area (Å²) < 4.78 is 10.7. The molecule has 1 amide bonds. The average Bonchev–Trinajstić information content (AvgIpc) is 2.67. The van der Waals surface area contributed by atoms with Crippen molar-refractivity contribution in [2.24, 2.45) is 5.73 Å². The Hall–Kier alpha value is -1.75. The van der Waals surface area contributed by atoms with Gasteiger partial charge in [-0.05, 0) is 18.6 Å². The smallest absolute Gasteiger partial charge is 0.258 e. The molecule has 1 aliphatic heterocycles. The molecule has 5 nitrogen and oxygen atoms in total. The Morgan fingerprint density at radius 3 is 3.12 bits per heavy atom. The number of benzene rings is 1. The third kappa shape index (κ3) is 2.34. The predicted octanol–water partition coefficient (Wildman–Crippen LogP) is 0.755. The predicted molar refractivity (Wildman–Crippen MR) is 60.8 cm³/mol. The second-order valence-corrected chi connectivity index (χ2v) is 3.94. The molecule has 1 heterocycles. The molecule has 0 aromatic heterocycles. The van der Waals surface area contributed by atoms with Crippen molar-refractivity contribution in [2.45, 2.75) is 25.6 Å². The summed E-state index contributed by atoms with van der Waals surface area (Å²) in [6.45, 7) is 2.08. The van der Waals surface area contributed by atoms with Gasteiger partial charge in [0.25, 0.3) is 5.91 Å². The van der Waals surface area contributed by atoms with Gasteiger partial charge >= 0.3 is 0 Å². The third-order valence-corrected chi connectivity index (χ3v) is 2.71. The quantitative estimate of drug-likeness (QED) is 0.809. The molecule has 2 atom stereocenters. The highest BCUT2D eigenvalue weighted by Gasteiger charge is 2.23. The van der Waals surface area contributed by atoms with Crippen LogP contribution in [-0.2, 0) is 4.79 Å². The van der Waals surface area contributed by atoms with E-state index in [2.05, 4.69) is 0 Å². The van der Waals surface area contributed by atoms with E-state index in [1.54, 1.807) is 18.2 Å². The molecule has 17 heavy (non-hydrogen) atoms. The van der Waals surface area contributed by atoms with E-state index in [4.69, 9.17) is 15.2 Å². The highest BCUT2D eigenvalue weighted by atomic mass is 16.5. The van der Waals surface area contributed by atoms with Crippen molar-refractivity contribution in [1.82, 2.24) is 0 Å². The number of primary amides is 1. The van der Waals surface area contributed by atoms with E-state index < -0.39 is 18.1 Å². The maximum Gasteiger partial charge on any atom is 0.258 e. The average molecular weight is 237 g/mol. The molecule has 0 saturated carbocycles. The van der Waals surface area contributed by atoms with Crippen LogP contribution in [0.3, 0.4) is 0 Å². The largest absolute Gasteiger partial charge is 0.490 e. The van der Waals surface area contributed by atoms with Crippen molar-refractivity contribution >= 4 is 5.91 Å². The van der Waals surface area contributed by atoms with Crippen molar-refractivity contribution in [1.29, 1.82) is 0 Å². The number of aliphatic hydroxyl groups is 1. The number of fused-ring (bicyclic) bond motifs is 1. The van der Waals surface area contributed by atoms with Crippen LogP contribution in [-0.4, -0.2) is 23.7 Å². The number of ether oxygens (including phenoxy) is 2. The van der Waals surface area contributed by atoms with Crippen LogP contribution < -0.4 is 15.2 Å². The van der Waals surface area contributed by atoms with E-state index in [9.17, 15) is 9.90 Å². The van der Waals surface area contributed by atoms with E-state index in [0.717, 1.165) is 5.56 Å². The molecule has 2 unspecified atom stereocenters. The van der Waals surface area contributed by atoms with E-state index in [0.29, 0.717) is 17.9 Å². The lowest BCUT2D eigenvalue weighted by Crippen LogP contribution is -2.32. The van der Waals surface area contributed by atoms with Crippen molar-refractivity contribution < 1.29 is 19.4 Å². The van der Waals surface area contributed by atoms with Crippen molar-refractivity contribution in [3.63, 3.8) is 0 Å². The molecule has 1 aromatic rings. The van der Waals surface area contributed by atoms with Gasteiger partial charge in [0, 0.05) is 11.6 Å². The maximum absolute atomic E-state index is 11.0. The molecule has 0 spiro atoms. The first-order valence-corrected chi connectivity index (χ1v) is 5.52. The second-order valence-electron chi connectivity index (χ2n) is 3.94. The highest BCUT2D eigenvalue weighted by Crippen LogP contribution is 2.35. The first-order valence-electron chi connectivity index (χ1n) is 5.52. The first kappa shape index (κ1) is 11.7. The number of hydrogen-bond donors (Lipinski definition) is 2. The van der Waals surface area contributed by atoms with Gasteiger partial charge < -0.3 is 20.3 Å². The molecular formula is C12H15NO4. The number of hydrogen-bond acceptors (Lipinski definition) is 4. The summed E-state index contributed by atoms with van der Waals surface area (Å²) >= 11 is 0. The fraction of sp³-hybridized carbons (Fsp3) is 0.417. The monoisotopic (exact) mass is 237 g/mol. The Labute approximate surface area is 99.1 Å². The molecule has 92 valence electrons. The van der Waals surface area contributed by atoms with Gasteiger partial charge in [0.2, 0.25) is 0 Å². The van der Waals surface area contributed by atoms with Crippen LogP contribution in [0.2, 0.25) is 0 Å². The van der Waals surface area contributed by atoms with Crippen LogP contribution in [0.4, 0.5) is 0 Å². The van der Waals surface area contributed by atoms with Crippen molar-refractivity contribution in [2.75, 3.05) is 6.61 Å². The Morgan fingerprint density at radius 2 is 2.47 bits per heavy atom. The van der Waals surface area contributed by atoms with Crippen LogP contribution in [0, 0.1) is 0 Å². The topological polar surface area (TPSA) is 81.8 Å². The molecule has 1 aromatic carbocycles. The van der Waals surface area contributed by atoms with Gasteiger partial charge in [-0.25, -0.2) is 0 Å². The number of rotatable bonds is 4. The van der Waals surface area contributed by atoms with Crippen molar-refractivity contribution in [3.05, 3.63) is 23.8 Å². The van der Waals surface area contributed by atoms with Gasteiger partial charge in [0.1, 0.15) is 24.2 Å². The summed E-state index contributed by atoms with van der Waals surface area (Å²) in [5.41, 5.74) is 5.93. The molecule has 0 radical (unpaired) electrons. The van der Waals surface area contributed by atoms with E-state index in [-0.39, 0.29) is 6.61 Å². The van der Waals surface area contributed by atoms with Gasteiger partial charge in [0.05, 0.1) is 0 Å². The van der Waals surface area contributed by atoms with Gasteiger partial charge in [-0.15, -0.1) is 0 Å². The number of amides is 1. The lowest BCUT2D eigenvalue weighted by atomic mass is 10.1. The molecule has 2 rings (SSSR count). The van der Waals surface area contributed by atoms with Gasteiger partial charge in [-0.2, -0.15) is 0 Å². The zero-order valence-corrected chi connectivity index (χ0v) is 9.55. The second kappa shape index (κ2) is 4.63. The number of carbonyl (C=O) groups is 1. The molecule has 0 fully saturated rings. The van der Waals surface area contributed by atoms with Gasteiger partial charge in [-0.1, -0.05) is 6.92 Å². The number of aliphatic hydroxyl groups excluding tert-OH is 1. The summed E-state index contributed by atoms with van der Waals surface area (Å²) in [5.74, 6) is 0.617. The van der Waals surface area contributed by atoms with Gasteiger partial charge in [-0.3, -0.25) is 4.79 Å². The minimum Gasteiger partial charge on any atom is -0.490 e. The molecule has 3 N–H and O–H groups in total. The SMILES string of the molecule is CCC(Oc1ccc2c(c1)OCC2O)C(N)=O. The van der Waals surface area contributed by atoms with E-state index in [1.807, 2.05) is 6.92 Å². The van der Waals surface area contributed by atoms with Gasteiger partial charge in [0.15, 0.2) is 6.10 Å². The Morgan fingerprint density at radius 1 is 1.71 bits per heavy atom. The molecule has 5 heteroatoms. The zero-order valence-electron chi connectivity index (χ0n) is 9.55. The number of nitrogens with two attached hydrogens (primary N) is 1. The standard InChI is InChI=1S/C12H15NO4/c1-2-10(12(13)15)17-7-3-4-8-9(14)6-16-11(8)5-7/h3-5,9-10,14H,2,6H2,1H3,(H2,13,15). The summed E-state index contributed by atoms with van der Waals surface area (Å²) in [6.07, 6.45) is -0.716. The Balaban J connectivity index is 2.16. The van der Waals surface area contributed by atoms with Crippen LogP contribution >= 0.6 is 0 Å². The van der Waals surface area contributed by atoms with E-state index in [1.165, 1.54) is 0 Å². The van der Waals surface area contributed by atoms with Crippen LogP contribution in [0.15, 0.2) is 18.2 Å². The van der Waals surface area contributed by atoms with Crippen LogP contribution in [0.1, 0.15) is 25.0 Å². The molecular weight excluding hydrogens is 222 g/mol. The normalized spacial score (nSPS) is 19.3. The zero-order chi connectivity index (χ0) is 12.4. The third-order valence-electron chi connectivity index (χ3n) is 2.71. The fourth-order valence-electron chi connectivity index (χ4n) is 1.75. The molecule has 0 saturated heterocycles. The van der Waals surface area contributed by atoms with Crippen molar-refractivity contribution in [3.8, 4) is 11.5 Å². The Kier molecular flexibility index (Phi) is 3.19. The fourth-order valence-corrected chi connectivity index (χ4v) is 1.75. The minimum absolute atomic E-state index is 0.256. The Bertz CT molecular complexity index is 433. The minimum atomic E-state index is -0.639. The lowest BCUT2D eigenvalue weighted by Gasteiger charge is -2.14. The molecule has 0 aliphatic carbocycles. The van der Waals surface area contributed by atoms with Crippen LogP contribution in [0.5, 0.6) is 11.5 Å². The summed E-state index contributed by atoms with van der Waals surface area (Å²) in [5, 5.41) is 9.55. The maximum atomic E-state index is 11.0. The summed E-state index contributed by atoms with van der Waals surface area (Å²) in [7, 11) is 0. The first-order chi connectivity index (χ1) is 8.11. The summed E-state index contributed by atoms with van der Waals surface area (Å²) in [4.78, 5) is 11.0. The lowest BCUT2D eigenvalue weighted by molar-refractivity contribution is -0.124. The summed E-state index contributed by atoms with van der Waals surface area (Å²) in [6, 6.07) is 5.09.